The van der Waals surface area contributed by atoms with E-state index in [4.69, 9.17) is 0 Å². The average molecular weight is 391 g/mol. The molecule has 8 heteroatoms. The molecule has 1 N–H and O–H groups in total. The van der Waals surface area contributed by atoms with Gasteiger partial charge in [-0.25, -0.2) is 17.8 Å². The summed E-state index contributed by atoms with van der Waals surface area (Å²) in [5.74, 6) is 0.115. The smallest absolute Gasteiger partial charge is 0.229 e. The number of halogens is 1. The van der Waals surface area contributed by atoms with Gasteiger partial charge < -0.3 is 10.2 Å². The van der Waals surface area contributed by atoms with Crippen molar-refractivity contribution in [3.63, 3.8) is 0 Å². The molecule has 1 amide bonds. The number of aromatic nitrogens is 1. The second-order valence-corrected chi connectivity index (χ2v) is 8.83. The van der Waals surface area contributed by atoms with Crippen LogP contribution in [0.25, 0.3) is 0 Å². The van der Waals surface area contributed by atoms with Crippen molar-refractivity contribution in [1.82, 2.24) is 4.98 Å². The molecule has 0 saturated carbocycles. The number of benzene rings is 1. The minimum Gasteiger partial charge on any atom is -0.367 e. The molecule has 6 nitrogen and oxygen atoms in total. The van der Waals surface area contributed by atoms with Gasteiger partial charge in [-0.15, -0.1) is 0 Å². The van der Waals surface area contributed by atoms with E-state index in [0.717, 1.165) is 5.69 Å². The van der Waals surface area contributed by atoms with E-state index in [2.05, 4.69) is 10.3 Å². The fourth-order valence-electron chi connectivity index (χ4n) is 3.32. The van der Waals surface area contributed by atoms with E-state index in [9.17, 15) is 17.6 Å². The lowest BCUT2D eigenvalue weighted by Gasteiger charge is -2.28. The first-order valence-electron chi connectivity index (χ1n) is 8.84. The monoisotopic (exact) mass is 391 g/mol. The summed E-state index contributed by atoms with van der Waals surface area (Å²) in [6.45, 7) is 2.65. The molecular formula is C19H22FN3O3S. The molecule has 27 heavy (non-hydrogen) atoms. The van der Waals surface area contributed by atoms with Gasteiger partial charge in [-0.2, -0.15) is 0 Å². The van der Waals surface area contributed by atoms with Crippen LogP contribution >= 0.6 is 0 Å². The largest absolute Gasteiger partial charge is 0.367 e. The van der Waals surface area contributed by atoms with Crippen LogP contribution in [0.3, 0.4) is 0 Å². The zero-order valence-corrected chi connectivity index (χ0v) is 15.9. The van der Waals surface area contributed by atoms with Gasteiger partial charge in [-0.05, 0) is 43.2 Å². The molecule has 1 atom stereocenters. The third-order valence-corrected chi connectivity index (χ3v) is 6.34. The molecule has 1 aliphatic heterocycles. The van der Waals surface area contributed by atoms with Crippen LogP contribution in [0, 0.1) is 5.82 Å². The molecule has 0 radical (unpaired) electrons. The fraction of sp³-hybridized carbons (Fsp3) is 0.368. The number of carbonyl (C=O) groups excluding carboxylic acids is 1. The molecule has 0 spiro atoms. The van der Waals surface area contributed by atoms with Crippen LogP contribution in [0.1, 0.15) is 18.9 Å². The van der Waals surface area contributed by atoms with Crippen molar-refractivity contribution in [2.45, 2.75) is 25.8 Å². The van der Waals surface area contributed by atoms with Crippen LogP contribution in [0.5, 0.6) is 0 Å². The van der Waals surface area contributed by atoms with Gasteiger partial charge in [0.15, 0.2) is 9.84 Å². The van der Waals surface area contributed by atoms with E-state index in [1.165, 1.54) is 12.1 Å². The molecule has 1 saturated heterocycles. The Labute approximate surface area is 158 Å². The molecule has 1 aromatic heterocycles. The number of pyridine rings is 1. The lowest BCUT2D eigenvalue weighted by Crippen LogP contribution is -2.36. The summed E-state index contributed by atoms with van der Waals surface area (Å²) in [7, 11) is -2.96. The SMILES string of the molecule is CCN(c1ccc(NC(=O)Cc2cccc(F)c2)nc1)C1CCS(=O)(=O)C1. The van der Waals surface area contributed by atoms with Crippen LogP contribution in [0.2, 0.25) is 0 Å². The summed E-state index contributed by atoms with van der Waals surface area (Å²) in [6, 6.07) is 9.36. The zero-order chi connectivity index (χ0) is 19.4. The van der Waals surface area contributed by atoms with Gasteiger partial charge in [-0.1, -0.05) is 12.1 Å². The normalized spacial score (nSPS) is 18.2. The number of amides is 1. The molecular weight excluding hydrogens is 369 g/mol. The number of nitrogens with one attached hydrogen (secondary N) is 1. The Balaban J connectivity index is 1.63. The van der Waals surface area contributed by atoms with E-state index < -0.39 is 9.84 Å². The summed E-state index contributed by atoms with van der Waals surface area (Å²) in [5, 5.41) is 2.69. The number of hydrogen-bond donors (Lipinski definition) is 1. The van der Waals surface area contributed by atoms with Crippen molar-refractivity contribution >= 4 is 27.2 Å². The quantitative estimate of drug-likeness (QED) is 0.818. The highest BCUT2D eigenvalue weighted by Crippen LogP contribution is 2.24. The number of anilines is 2. The Morgan fingerprint density at radius 2 is 2.15 bits per heavy atom. The van der Waals surface area contributed by atoms with E-state index in [0.29, 0.717) is 24.3 Å². The Bertz CT molecular complexity index is 916. The van der Waals surface area contributed by atoms with Crippen LogP contribution in [-0.4, -0.2) is 43.4 Å². The van der Waals surface area contributed by atoms with Crippen LogP contribution in [-0.2, 0) is 21.1 Å². The first kappa shape index (κ1) is 19.3. The summed E-state index contributed by atoms with van der Waals surface area (Å²) < 4.78 is 36.6. The number of hydrogen-bond acceptors (Lipinski definition) is 5. The Morgan fingerprint density at radius 3 is 2.74 bits per heavy atom. The Kier molecular flexibility index (Phi) is 5.74. The molecule has 1 unspecified atom stereocenters. The van der Waals surface area contributed by atoms with Crippen LogP contribution in [0.15, 0.2) is 42.6 Å². The average Bonchev–Trinajstić information content (AvgIpc) is 2.96. The number of nitrogens with zero attached hydrogens (tertiary/aromatic N) is 2. The zero-order valence-electron chi connectivity index (χ0n) is 15.1. The molecule has 2 heterocycles. The third kappa shape index (κ3) is 5.03. The molecule has 1 aliphatic rings. The molecule has 0 bridgehead atoms. The molecule has 2 aromatic rings. The van der Waals surface area contributed by atoms with Gasteiger partial charge in [0.25, 0.3) is 0 Å². The molecule has 1 fully saturated rings. The third-order valence-electron chi connectivity index (χ3n) is 4.59. The second kappa shape index (κ2) is 8.04. The van der Waals surface area contributed by atoms with Gasteiger partial charge in [0.05, 0.1) is 29.8 Å². The minimum absolute atomic E-state index is 0.0461. The summed E-state index contributed by atoms with van der Waals surface area (Å²) in [4.78, 5) is 18.4. The van der Waals surface area contributed by atoms with Crippen molar-refractivity contribution in [1.29, 1.82) is 0 Å². The first-order valence-corrected chi connectivity index (χ1v) is 10.7. The maximum Gasteiger partial charge on any atom is 0.229 e. The Morgan fingerprint density at radius 1 is 1.33 bits per heavy atom. The predicted molar refractivity (Wildman–Crippen MR) is 103 cm³/mol. The predicted octanol–water partition coefficient (Wildman–Crippen LogP) is 2.42. The standard InChI is InChI=1S/C19H22FN3O3S/c1-2-23(17-8-9-27(25,26)13-17)16-6-7-18(21-12-16)22-19(24)11-14-4-3-5-15(20)10-14/h3-7,10,12,17H,2,8-9,11,13H2,1H3,(H,21,22,24). The highest BCUT2D eigenvalue weighted by molar-refractivity contribution is 7.91. The lowest BCUT2D eigenvalue weighted by molar-refractivity contribution is -0.115. The highest BCUT2D eigenvalue weighted by atomic mass is 32.2. The van der Waals surface area contributed by atoms with Crippen LogP contribution < -0.4 is 10.2 Å². The lowest BCUT2D eigenvalue weighted by atomic mass is 10.1. The minimum atomic E-state index is -2.96. The molecule has 144 valence electrons. The van der Waals surface area contributed by atoms with Gasteiger partial charge in [-0.3, -0.25) is 4.79 Å². The van der Waals surface area contributed by atoms with Crippen molar-refractivity contribution in [2.75, 3.05) is 28.3 Å². The van der Waals surface area contributed by atoms with Gasteiger partial charge in [0.2, 0.25) is 5.91 Å². The van der Waals surface area contributed by atoms with Crippen molar-refractivity contribution in [2.24, 2.45) is 0 Å². The van der Waals surface area contributed by atoms with Crippen molar-refractivity contribution in [3.05, 3.63) is 54.0 Å². The molecule has 3 rings (SSSR count). The van der Waals surface area contributed by atoms with Gasteiger partial charge in [0, 0.05) is 12.6 Å². The van der Waals surface area contributed by atoms with Gasteiger partial charge >= 0.3 is 0 Å². The number of rotatable bonds is 6. The number of sulfone groups is 1. The highest BCUT2D eigenvalue weighted by Gasteiger charge is 2.31. The Hall–Kier alpha value is -2.48. The summed E-state index contributed by atoms with van der Waals surface area (Å²) in [6.07, 6.45) is 2.30. The van der Waals surface area contributed by atoms with E-state index in [1.807, 2.05) is 17.9 Å². The summed E-state index contributed by atoms with van der Waals surface area (Å²) in [5.41, 5.74) is 1.41. The van der Waals surface area contributed by atoms with Gasteiger partial charge in [0.1, 0.15) is 11.6 Å². The topological polar surface area (TPSA) is 79.4 Å². The van der Waals surface area contributed by atoms with Crippen molar-refractivity contribution in [3.8, 4) is 0 Å². The van der Waals surface area contributed by atoms with E-state index >= 15 is 0 Å². The maximum atomic E-state index is 13.2. The fourth-order valence-corrected chi connectivity index (χ4v) is 5.05. The van der Waals surface area contributed by atoms with E-state index in [1.54, 1.807) is 24.4 Å². The van der Waals surface area contributed by atoms with E-state index in [-0.39, 0.29) is 35.7 Å². The van der Waals surface area contributed by atoms with Crippen molar-refractivity contribution < 1.29 is 17.6 Å². The maximum absolute atomic E-state index is 13.2. The van der Waals surface area contributed by atoms with Crippen LogP contribution in [0.4, 0.5) is 15.9 Å². The molecule has 0 aliphatic carbocycles. The first-order chi connectivity index (χ1) is 12.9. The molecule has 1 aromatic carbocycles. The number of carbonyl (C=O) groups is 1. The summed E-state index contributed by atoms with van der Waals surface area (Å²) >= 11 is 0. The second-order valence-electron chi connectivity index (χ2n) is 6.60.